The minimum absolute atomic E-state index is 0.0681. The van der Waals surface area contributed by atoms with Crippen LogP contribution in [0.15, 0.2) is 85.1 Å². The number of fused-ring (bicyclic) bond motifs is 1. The smallest absolute Gasteiger partial charge is 0.239 e. The van der Waals surface area contributed by atoms with Gasteiger partial charge in [-0.15, -0.1) is 0 Å². The maximum absolute atomic E-state index is 13.1. The Hall–Kier alpha value is -4.17. The summed E-state index contributed by atoms with van der Waals surface area (Å²) >= 11 is 6.12. The number of amides is 2. The first-order chi connectivity index (χ1) is 21.8. The second kappa shape index (κ2) is 15.7. The van der Waals surface area contributed by atoms with Crippen LogP contribution in [0.3, 0.4) is 0 Å². The van der Waals surface area contributed by atoms with Crippen molar-refractivity contribution in [2.24, 2.45) is 5.92 Å². The fourth-order valence-corrected chi connectivity index (χ4v) is 6.23. The molecular formula is C36H43ClN4O4. The molecule has 3 aromatic rings. The Labute approximate surface area is 271 Å². The minimum Gasteiger partial charge on any atom is -0.454 e. The number of anilines is 1. The molecular weight excluding hydrogens is 588 g/mol. The third-order valence-electron chi connectivity index (χ3n) is 8.64. The molecule has 0 unspecified atom stereocenters. The summed E-state index contributed by atoms with van der Waals surface area (Å²) in [5, 5.41) is 7.08. The van der Waals surface area contributed by atoms with Crippen molar-refractivity contribution in [2.75, 3.05) is 44.8 Å². The third kappa shape index (κ3) is 9.41. The summed E-state index contributed by atoms with van der Waals surface area (Å²) in [7, 11) is 0. The van der Waals surface area contributed by atoms with E-state index in [0.29, 0.717) is 10.9 Å². The third-order valence-corrected chi connectivity index (χ3v) is 8.88. The van der Waals surface area contributed by atoms with Crippen LogP contribution >= 0.6 is 11.6 Å². The van der Waals surface area contributed by atoms with Gasteiger partial charge in [0.2, 0.25) is 18.6 Å². The van der Waals surface area contributed by atoms with Gasteiger partial charge in [-0.25, -0.2) is 0 Å². The van der Waals surface area contributed by atoms with E-state index >= 15 is 0 Å². The van der Waals surface area contributed by atoms with Crippen LogP contribution in [0.2, 0.25) is 5.02 Å². The van der Waals surface area contributed by atoms with Gasteiger partial charge >= 0.3 is 0 Å². The number of hydrogen-bond acceptors (Lipinski definition) is 6. The Kier molecular flexibility index (Phi) is 11.3. The molecule has 0 saturated carbocycles. The van der Waals surface area contributed by atoms with E-state index in [4.69, 9.17) is 21.1 Å². The first kappa shape index (κ1) is 32.2. The zero-order valence-corrected chi connectivity index (χ0v) is 26.7. The number of ether oxygens (including phenoxy) is 2. The van der Waals surface area contributed by atoms with Gasteiger partial charge in [-0.05, 0) is 73.6 Å². The van der Waals surface area contributed by atoms with Gasteiger partial charge in [0.1, 0.15) is 0 Å². The molecule has 2 heterocycles. The SMILES string of the molecule is C=C(C1CCN(C(C)=O)CC1)N(CCc1ccc2c(c1)OCO2)CC[C@H](Cc1ccccc1)NC(=O)CNc1cccc(Cl)c1. The Morgan fingerprint density at radius 1 is 0.978 bits per heavy atom. The zero-order chi connectivity index (χ0) is 31.6. The predicted molar refractivity (Wildman–Crippen MR) is 179 cm³/mol. The van der Waals surface area contributed by atoms with Crippen molar-refractivity contribution in [2.45, 2.75) is 45.1 Å². The van der Waals surface area contributed by atoms with E-state index in [1.807, 2.05) is 47.4 Å². The lowest BCUT2D eigenvalue weighted by Crippen LogP contribution is -2.43. The number of benzene rings is 3. The van der Waals surface area contributed by atoms with Gasteiger partial charge in [-0.2, -0.15) is 0 Å². The molecule has 2 aliphatic heterocycles. The number of halogens is 1. The van der Waals surface area contributed by atoms with Crippen LogP contribution in [-0.4, -0.2) is 67.2 Å². The topological polar surface area (TPSA) is 83.1 Å². The van der Waals surface area contributed by atoms with Crippen LogP contribution in [0.4, 0.5) is 5.69 Å². The molecule has 1 fully saturated rings. The van der Waals surface area contributed by atoms with Crippen LogP contribution in [-0.2, 0) is 22.4 Å². The van der Waals surface area contributed by atoms with Crippen LogP contribution in [0.25, 0.3) is 0 Å². The molecule has 45 heavy (non-hydrogen) atoms. The molecule has 5 rings (SSSR count). The fraction of sp³-hybridized carbons (Fsp3) is 0.389. The van der Waals surface area contributed by atoms with Crippen LogP contribution in [0.1, 0.15) is 37.3 Å². The summed E-state index contributed by atoms with van der Waals surface area (Å²) in [5.41, 5.74) is 4.25. The number of carbonyl (C=O) groups excluding carboxylic acids is 2. The lowest BCUT2D eigenvalue weighted by Gasteiger charge is -2.38. The molecule has 0 spiro atoms. The number of allylic oxidation sites excluding steroid dienone is 1. The Morgan fingerprint density at radius 3 is 2.51 bits per heavy atom. The van der Waals surface area contributed by atoms with E-state index in [9.17, 15) is 9.59 Å². The lowest BCUT2D eigenvalue weighted by molar-refractivity contribution is -0.130. The largest absolute Gasteiger partial charge is 0.454 e. The van der Waals surface area contributed by atoms with Gasteiger partial charge in [0.25, 0.3) is 0 Å². The van der Waals surface area contributed by atoms with Crippen molar-refractivity contribution in [1.29, 1.82) is 0 Å². The number of piperidine rings is 1. The molecule has 9 heteroatoms. The number of rotatable bonds is 14. The highest BCUT2D eigenvalue weighted by molar-refractivity contribution is 6.30. The summed E-state index contributed by atoms with van der Waals surface area (Å²) < 4.78 is 11.1. The number of nitrogens with zero attached hydrogens (tertiary/aromatic N) is 2. The molecule has 0 bridgehead atoms. The molecule has 1 saturated heterocycles. The highest BCUT2D eigenvalue weighted by Gasteiger charge is 2.26. The summed E-state index contributed by atoms with van der Waals surface area (Å²) in [4.78, 5) is 29.4. The number of likely N-dealkylation sites (tertiary alicyclic amines) is 1. The first-order valence-corrected chi connectivity index (χ1v) is 16.1. The summed E-state index contributed by atoms with van der Waals surface area (Å²) in [6, 6.07) is 23.7. The van der Waals surface area contributed by atoms with Gasteiger partial charge in [0.15, 0.2) is 11.5 Å². The Balaban J connectivity index is 1.26. The van der Waals surface area contributed by atoms with Gasteiger partial charge in [0, 0.05) is 61.5 Å². The van der Waals surface area contributed by atoms with Crippen LogP contribution < -0.4 is 20.1 Å². The van der Waals surface area contributed by atoms with E-state index in [1.54, 1.807) is 13.0 Å². The van der Waals surface area contributed by atoms with Crippen molar-refractivity contribution >= 4 is 29.1 Å². The predicted octanol–water partition coefficient (Wildman–Crippen LogP) is 5.92. The van der Waals surface area contributed by atoms with Crippen molar-refractivity contribution in [1.82, 2.24) is 15.1 Å². The van der Waals surface area contributed by atoms with Crippen LogP contribution in [0, 0.1) is 5.92 Å². The second-order valence-electron chi connectivity index (χ2n) is 11.8. The van der Waals surface area contributed by atoms with E-state index in [1.165, 1.54) is 11.1 Å². The molecule has 0 aliphatic carbocycles. The average Bonchev–Trinajstić information content (AvgIpc) is 3.52. The molecule has 8 nitrogen and oxygen atoms in total. The van der Waals surface area contributed by atoms with Crippen LogP contribution in [0.5, 0.6) is 11.5 Å². The van der Waals surface area contributed by atoms with Crippen molar-refractivity contribution in [3.05, 3.63) is 101 Å². The minimum atomic E-state index is -0.0711. The molecule has 2 N–H and O–H groups in total. The molecule has 238 valence electrons. The van der Waals surface area contributed by atoms with Crippen molar-refractivity contribution < 1.29 is 19.1 Å². The van der Waals surface area contributed by atoms with E-state index in [-0.39, 0.29) is 31.2 Å². The zero-order valence-electron chi connectivity index (χ0n) is 26.0. The molecule has 2 aliphatic rings. The average molecular weight is 631 g/mol. The maximum atomic E-state index is 13.1. The quantitative estimate of drug-likeness (QED) is 0.230. The van der Waals surface area contributed by atoms with E-state index in [2.05, 4.69) is 46.4 Å². The van der Waals surface area contributed by atoms with Crippen molar-refractivity contribution in [3.8, 4) is 11.5 Å². The van der Waals surface area contributed by atoms with Gasteiger partial charge in [0.05, 0.1) is 6.54 Å². The maximum Gasteiger partial charge on any atom is 0.239 e. The number of nitrogens with one attached hydrogen (secondary N) is 2. The standard InChI is InChI=1S/C36H43ClN4O4/c1-26(30-14-18-41(19-15-30)27(2)42)40(17-13-29-11-12-34-35(22-29)45-25-44-34)20-16-33(21-28-7-4-3-5-8-28)39-36(43)24-38-32-10-6-9-31(37)23-32/h3-12,22-23,30,33,38H,1,13-21,24-25H2,2H3,(H,39,43)/t33-/m1/s1. The molecule has 0 aromatic heterocycles. The summed E-state index contributed by atoms with van der Waals surface area (Å²) in [6.07, 6.45) is 4.10. The number of carbonyl (C=O) groups is 2. The summed E-state index contributed by atoms with van der Waals surface area (Å²) in [6.45, 7) is 9.66. The normalized spacial score (nSPS) is 14.9. The second-order valence-corrected chi connectivity index (χ2v) is 12.2. The number of hydrogen-bond donors (Lipinski definition) is 2. The monoisotopic (exact) mass is 630 g/mol. The van der Waals surface area contributed by atoms with E-state index in [0.717, 1.165) is 81.2 Å². The van der Waals surface area contributed by atoms with Gasteiger partial charge in [-0.3, -0.25) is 9.59 Å². The fourth-order valence-electron chi connectivity index (χ4n) is 6.04. The lowest BCUT2D eigenvalue weighted by atomic mass is 9.92. The highest BCUT2D eigenvalue weighted by Crippen LogP contribution is 2.33. The Bertz CT molecular complexity index is 1460. The van der Waals surface area contributed by atoms with Gasteiger partial charge in [-0.1, -0.05) is 60.6 Å². The molecule has 3 aromatic carbocycles. The first-order valence-electron chi connectivity index (χ1n) is 15.7. The van der Waals surface area contributed by atoms with Crippen molar-refractivity contribution in [3.63, 3.8) is 0 Å². The Morgan fingerprint density at radius 2 is 1.76 bits per heavy atom. The molecule has 0 radical (unpaired) electrons. The summed E-state index contributed by atoms with van der Waals surface area (Å²) in [5.74, 6) is 1.93. The molecule has 1 atom stereocenters. The highest BCUT2D eigenvalue weighted by atomic mass is 35.5. The van der Waals surface area contributed by atoms with E-state index < -0.39 is 0 Å². The molecule has 2 amide bonds. The van der Waals surface area contributed by atoms with Gasteiger partial charge < -0.3 is 29.9 Å².